The van der Waals surface area contributed by atoms with Gasteiger partial charge in [0.2, 0.25) is 0 Å². The van der Waals surface area contributed by atoms with E-state index in [1.807, 2.05) is 7.05 Å². The molecule has 0 bridgehead atoms. The molecule has 1 atom stereocenters. The normalized spacial score (nSPS) is 13.6. The van der Waals surface area contributed by atoms with E-state index in [4.69, 9.17) is 0 Å². The Morgan fingerprint density at radius 2 is 2.05 bits per heavy atom. The Balaban J connectivity index is 2.71. The van der Waals surface area contributed by atoms with Gasteiger partial charge < -0.3 is 5.32 Å². The molecule has 0 aromatic heterocycles. The summed E-state index contributed by atoms with van der Waals surface area (Å²) >= 11 is 0. The maximum atomic E-state index is 13.5. The quantitative estimate of drug-likeness (QED) is 0.716. The van der Waals surface area contributed by atoms with Crippen molar-refractivity contribution in [2.24, 2.45) is 0 Å². The van der Waals surface area contributed by atoms with E-state index in [9.17, 15) is 12.8 Å². The molecule has 120 valence electrons. The van der Waals surface area contributed by atoms with Gasteiger partial charge >= 0.3 is 0 Å². The van der Waals surface area contributed by atoms with E-state index >= 15 is 0 Å². The number of nitrogens with zero attached hydrogens (tertiary/aromatic N) is 1. The van der Waals surface area contributed by atoms with Crippen molar-refractivity contribution in [1.82, 2.24) is 14.3 Å². The Labute approximate surface area is 126 Å². The molecular weight excluding hydrogens is 293 g/mol. The lowest BCUT2D eigenvalue weighted by atomic mass is 10.1. The molecule has 2 N–H and O–H groups in total. The van der Waals surface area contributed by atoms with Gasteiger partial charge in [-0.3, -0.25) is 0 Å². The summed E-state index contributed by atoms with van der Waals surface area (Å²) in [6.07, 6.45) is 0.724. The average Bonchev–Trinajstić information content (AvgIpc) is 2.41. The van der Waals surface area contributed by atoms with Gasteiger partial charge in [-0.25, -0.2) is 4.39 Å². The average molecular weight is 317 g/mol. The number of hydrogen-bond donors (Lipinski definition) is 2. The summed E-state index contributed by atoms with van der Waals surface area (Å²) in [6.45, 7) is 4.54. The van der Waals surface area contributed by atoms with Crippen LogP contribution in [0.4, 0.5) is 4.39 Å². The van der Waals surface area contributed by atoms with Crippen LogP contribution in [0.25, 0.3) is 0 Å². The molecule has 0 aliphatic carbocycles. The molecule has 7 heteroatoms. The van der Waals surface area contributed by atoms with E-state index in [2.05, 4.69) is 10.0 Å². The second-order valence-corrected chi connectivity index (χ2v) is 6.94. The van der Waals surface area contributed by atoms with Gasteiger partial charge in [0.25, 0.3) is 10.2 Å². The molecule has 0 saturated heterocycles. The zero-order chi connectivity index (χ0) is 16.0. The zero-order valence-electron chi connectivity index (χ0n) is 13.0. The van der Waals surface area contributed by atoms with Crippen molar-refractivity contribution in [3.8, 4) is 0 Å². The van der Waals surface area contributed by atoms with Crippen molar-refractivity contribution in [1.29, 1.82) is 0 Å². The van der Waals surface area contributed by atoms with Crippen LogP contribution >= 0.6 is 0 Å². The van der Waals surface area contributed by atoms with Crippen molar-refractivity contribution in [3.05, 3.63) is 35.1 Å². The highest BCUT2D eigenvalue weighted by Crippen LogP contribution is 2.17. The molecule has 0 fully saturated rings. The monoisotopic (exact) mass is 317 g/mol. The minimum atomic E-state index is -3.58. The van der Waals surface area contributed by atoms with Crippen LogP contribution in [-0.4, -0.2) is 39.9 Å². The van der Waals surface area contributed by atoms with Crippen LogP contribution in [0, 0.1) is 12.7 Å². The standard InChI is InChI=1S/C14H24FN3O2S/c1-11-6-7-13(10-14(11)15)12(2)17-21(19,20)18(4)9-5-8-16-3/h6-7,10,12,16-17H,5,8-9H2,1-4H3. The highest BCUT2D eigenvalue weighted by Gasteiger charge is 2.20. The third kappa shape index (κ3) is 5.35. The summed E-state index contributed by atoms with van der Waals surface area (Å²) in [5, 5.41) is 2.97. The molecule has 0 aliphatic rings. The van der Waals surface area contributed by atoms with E-state index in [1.165, 1.54) is 17.4 Å². The van der Waals surface area contributed by atoms with Crippen LogP contribution in [-0.2, 0) is 10.2 Å². The predicted molar refractivity (Wildman–Crippen MR) is 82.8 cm³/mol. The van der Waals surface area contributed by atoms with E-state index in [0.717, 1.165) is 13.0 Å². The Morgan fingerprint density at radius 3 is 2.62 bits per heavy atom. The number of rotatable bonds is 8. The van der Waals surface area contributed by atoms with Gasteiger partial charge in [-0.2, -0.15) is 17.4 Å². The van der Waals surface area contributed by atoms with Crippen molar-refractivity contribution in [3.63, 3.8) is 0 Å². The Kier molecular flexibility index (Phi) is 6.73. The van der Waals surface area contributed by atoms with Crippen LogP contribution in [0.3, 0.4) is 0 Å². The lowest BCUT2D eigenvalue weighted by molar-refractivity contribution is 0.441. The van der Waals surface area contributed by atoms with Crippen LogP contribution in [0.2, 0.25) is 0 Å². The molecule has 1 rings (SSSR count). The van der Waals surface area contributed by atoms with Gasteiger partial charge in [0.05, 0.1) is 0 Å². The van der Waals surface area contributed by atoms with Gasteiger partial charge in [0.1, 0.15) is 5.82 Å². The third-order valence-electron chi connectivity index (χ3n) is 3.33. The lowest BCUT2D eigenvalue weighted by Gasteiger charge is -2.21. The zero-order valence-corrected chi connectivity index (χ0v) is 13.8. The summed E-state index contributed by atoms with van der Waals surface area (Å²) in [4.78, 5) is 0. The third-order valence-corrected chi connectivity index (χ3v) is 4.99. The minimum Gasteiger partial charge on any atom is -0.320 e. The first-order valence-corrected chi connectivity index (χ1v) is 8.36. The molecule has 1 aromatic carbocycles. The molecule has 0 heterocycles. The molecule has 0 aliphatic heterocycles. The molecule has 1 unspecified atom stereocenters. The maximum absolute atomic E-state index is 13.5. The summed E-state index contributed by atoms with van der Waals surface area (Å²) in [6, 6.07) is 4.25. The van der Waals surface area contributed by atoms with Gasteiger partial charge in [0.15, 0.2) is 0 Å². The first kappa shape index (κ1) is 18.0. The Hall–Kier alpha value is -1.02. The van der Waals surface area contributed by atoms with Crippen LogP contribution in [0.15, 0.2) is 18.2 Å². The fourth-order valence-electron chi connectivity index (χ4n) is 1.86. The molecule has 0 spiro atoms. The van der Waals surface area contributed by atoms with Gasteiger partial charge in [-0.05, 0) is 51.1 Å². The first-order chi connectivity index (χ1) is 9.77. The van der Waals surface area contributed by atoms with Crippen LogP contribution in [0.1, 0.15) is 30.5 Å². The summed E-state index contributed by atoms with van der Waals surface area (Å²) in [7, 11) is -0.230. The van der Waals surface area contributed by atoms with E-state index < -0.39 is 16.3 Å². The second kappa shape index (κ2) is 7.84. The largest absolute Gasteiger partial charge is 0.320 e. The number of benzene rings is 1. The fraction of sp³-hybridized carbons (Fsp3) is 0.571. The molecule has 1 aromatic rings. The molecule has 0 amide bonds. The highest BCUT2D eigenvalue weighted by atomic mass is 32.2. The molecule has 0 radical (unpaired) electrons. The van der Waals surface area contributed by atoms with Crippen molar-refractivity contribution in [2.75, 3.05) is 27.2 Å². The van der Waals surface area contributed by atoms with Crippen molar-refractivity contribution < 1.29 is 12.8 Å². The summed E-state index contributed by atoms with van der Waals surface area (Å²) in [5.41, 5.74) is 1.14. The molecular formula is C14H24FN3O2S. The fourth-order valence-corrected chi connectivity index (χ4v) is 2.99. The van der Waals surface area contributed by atoms with E-state index in [0.29, 0.717) is 17.7 Å². The number of hydrogen-bond acceptors (Lipinski definition) is 3. The summed E-state index contributed by atoms with van der Waals surface area (Å²) in [5.74, 6) is -0.332. The van der Waals surface area contributed by atoms with Gasteiger partial charge in [0, 0.05) is 19.6 Å². The van der Waals surface area contributed by atoms with Crippen LogP contribution in [0.5, 0.6) is 0 Å². The number of halogens is 1. The molecule has 21 heavy (non-hydrogen) atoms. The van der Waals surface area contributed by atoms with E-state index in [-0.39, 0.29) is 5.82 Å². The van der Waals surface area contributed by atoms with Crippen molar-refractivity contribution >= 4 is 10.2 Å². The number of aryl methyl sites for hydroxylation is 1. The Morgan fingerprint density at radius 1 is 1.38 bits per heavy atom. The highest BCUT2D eigenvalue weighted by molar-refractivity contribution is 7.87. The predicted octanol–water partition coefficient (Wildman–Crippen LogP) is 1.57. The first-order valence-electron chi connectivity index (χ1n) is 6.92. The molecule has 0 saturated carbocycles. The van der Waals surface area contributed by atoms with Crippen molar-refractivity contribution in [2.45, 2.75) is 26.3 Å². The van der Waals surface area contributed by atoms with Crippen LogP contribution < -0.4 is 10.0 Å². The van der Waals surface area contributed by atoms with E-state index in [1.54, 1.807) is 26.0 Å². The SMILES string of the molecule is CNCCCN(C)S(=O)(=O)NC(C)c1ccc(C)c(F)c1. The topological polar surface area (TPSA) is 61.4 Å². The molecule has 5 nitrogen and oxygen atoms in total. The maximum Gasteiger partial charge on any atom is 0.279 e. The Bertz CT molecular complexity index is 563. The lowest BCUT2D eigenvalue weighted by Crippen LogP contribution is -2.40. The summed E-state index contributed by atoms with van der Waals surface area (Å²) < 4.78 is 41.7. The number of nitrogens with one attached hydrogen (secondary N) is 2. The van der Waals surface area contributed by atoms with Gasteiger partial charge in [-0.1, -0.05) is 12.1 Å². The smallest absolute Gasteiger partial charge is 0.279 e. The minimum absolute atomic E-state index is 0.332. The van der Waals surface area contributed by atoms with Gasteiger partial charge in [-0.15, -0.1) is 0 Å². The second-order valence-electron chi connectivity index (χ2n) is 5.13.